The Morgan fingerprint density at radius 2 is 2.17 bits per heavy atom. The van der Waals surface area contributed by atoms with Gasteiger partial charge in [0.2, 0.25) is 4.77 Å². The monoisotopic (exact) mass is 417 g/mol. The summed E-state index contributed by atoms with van der Waals surface area (Å²) < 4.78 is 15.0. The summed E-state index contributed by atoms with van der Waals surface area (Å²) in [4.78, 5) is 13.4. The molecule has 0 spiro atoms. The van der Waals surface area contributed by atoms with Gasteiger partial charge in [-0.1, -0.05) is 6.08 Å². The van der Waals surface area contributed by atoms with Crippen molar-refractivity contribution in [2.75, 3.05) is 26.8 Å². The number of methoxy groups -OCH3 is 1. The Labute approximate surface area is 176 Å². The number of nitrogens with one attached hydrogen (secondary N) is 1. The average Bonchev–Trinajstić information content (AvgIpc) is 3.04. The predicted molar refractivity (Wildman–Crippen MR) is 113 cm³/mol. The quantitative estimate of drug-likeness (QED) is 0.405. The van der Waals surface area contributed by atoms with Crippen LogP contribution in [0.25, 0.3) is 11.4 Å². The van der Waals surface area contributed by atoms with Crippen LogP contribution in [-0.4, -0.2) is 47.1 Å². The number of hydrogen-bond donors (Lipinski definition) is 1. The number of rotatable bonds is 8. The van der Waals surface area contributed by atoms with E-state index in [1.807, 2.05) is 46.5 Å². The molecule has 1 aliphatic rings. The SMILES string of the molecule is C=CCn1c(-c2ccc(OC)cc2)nn(C[NH+]2CCC[C@H](C(=O)OCC)C2)c1=S. The molecule has 0 bridgehead atoms. The molecule has 1 aromatic carbocycles. The molecule has 156 valence electrons. The van der Waals surface area contributed by atoms with Gasteiger partial charge in [-0.05, 0) is 56.2 Å². The molecule has 2 atom stereocenters. The lowest BCUT2D eigenvalue weighted by atomic mass is 9.99. The van der Waals surface area contributed by atoms with Crippen molar-refractivity contribution in [3.63, 3.8) is 0 Å². The van der Waals surface area contributed by atoms with Crippen LogP contribution in [-0.2, 0) is 22.7 Å². The summed E-state index contributed by atoms with van der Waals surface area (Å²) in [5.41, 5.74) is 0.968. The molecule has 1 saturated heterocycles. The van der Waals surface area contributed by atoms with E-state index in [0.717, 1.165) is 43.1 Å². The Morgan fingerprint density at radius 1 is 1.41 bits per heavy atom. The third kappa shape index (κ3) is 4.94. The molecule has 0 radical (unpaired) electrons. The Balaban J connectivity index is 1.83. The number of benzene rings is 1. The van der Waals surface area contributed by atoms with Crippen molar-refractivity contribution in [1.29, 1.82) is 0 Å². The van der Waals surface area contributed by atoms with E-state index in [9.17, 15) is 4.79 Å². The third-order valence-electron chi connectivity index (χ3n) is 5.19. The van der Waals surface area contributed by atoms with Crippen LogP contribution in [0.3, 0.4) is 0 Å². The molecule has 0 saturated carbocycles. The molecule has 1 fully saturated rings. The fourth-order valence-corrected chi connectivity index (χ4v) is 4.03. The van der Waals surface area contributed by atoms with E-state index in [1.165, 1.54) is 4.90 Å². The van der Waals surface area contributed by atoms with Crippen molar-refractivity contribution in [3.8, 4) is 17.1 Å². The van der Waals surface area contributed by atoms with E-state index in [1.54, 1.807) is 7.11 Å². The molecule has 3 rings (SSSR count). The number of aromatic nitrogens is 3. The normalized spacial score (nSPS) is 19.0. The zero-order chi connectivity index (χ0) is 20.8. The third-order valence-corrected chi connectivity index (χ3v) is 5.63. The van der Waals surface area contributed by atoms with Crippen LogP contribution in [0.4, 0.5) is 0 Å². The van der Waals surface area contributed by atoms with Gasteiger partial charge in [-0.2, -0.15) is 4.68 Å². The van der Waals surface area contributed by atoms with Crippen molar-refractivity contribution in [2.45, 2.75) is 33.0 Å². The first-order valence-corrected chi connectivity index (χ1v) is 10.4. The van der Waals surface area contributed by atoms with Gasteiger partial charge >= 0.3 is 5.97 Å². The maximum atomic E-state index is 12.1. The fraction of sp³-hybridized carbons (Fsp3) is 0.476. The van der Waals surface area contributed by atoms with E-state index < -0.39 is 0 Å². The summed E-state index contributed by atoms with van der Waals surface area (Å²) in [6.45, 7) is 9.06. The smallest absolute Gasteiger partial charge is 0.314 e. The van der Waals surface area contributed by atoms with Crippen LogP contribution in [0.1, 0.15) is 19.8 Å². The van der Waals surface area contributed by atoms with Crippen molar-refractivity contribution in [1.82, 2.24) is 14.3 Å². The Bertz CT molecular complexity index is 904. The number of hydrogen-bond acceptors (Lipinski definition) is 5. The molecule has 2 aromatic rings. The number of esters is 1. The second-order valence-corrected chi connectivity index (χ2v) is 7.55. The van der Waals surface area contributed by atoms with Gasteiger partial charge in [0.15, 0.2) is 12.5 Å². The van der Waals surface area contributed by atoms with Crippen LogP contribution in [0.15, 0.2) is 36.9 Å². The zero-order valence-electron chi connectivity index (χ0n) is 17.1. The van der Waals surface area contributed by atoms with Crippen LogP contribution in [0.5, 0.6) is 5.75 Å². The van der Waals surface area contributed by atoms with Gasteiger partial charge in [-0.3, -0.25) is 9.36 Å². The summed E-state index contributed by atoms with van der Waals surface area (Å²) in [5.74, 6) is 1.45. The summed E-state index contributed by atoms with van der Waals surface area (Å²) in [6, 6.07) is 7.78. The number of ether oxygens (including phenoxy) is 2. The van der Waals surface area contributed by atoms with Crippen LogP contribution >= 0.6 is 12.2 Å². The highest BCUT2D eigenvalue weighted by molar-refractivity contribution is 7.71. The first-order valence-electron chi connectivity index (χ1n) is 10.0. The van der Waals surface area contributed by atoms with Crippen molar-refractivity contribution >= 4 is 18.2 Å². The maximum Gasteiger partial charge on any atom is 0.314 e. The van der Waals surface area contributed by atoms with E-state index >= 15 is 0 Å². The summed E-state index contributed by atoms with van der Waals surface area (Å²) in [5, 5.41) is 4.80. The lowest BCUT2D eigenvalue weighted by Gasteiger charge is -2.28. The fourth-order valence-electron chi connectivity index (χ4n) is 3.76. The van der Waals surface area contributed by atoms with E-state index in [4.69, 9.17) is 26.8 Å². The number of carbonyl (C=O) groups excluding carboxylic acids is 1. The molecular weight excluding hydrogens is 388 g/mol. The number of carbonyl (C=O) groups is 1. The van der Waals surface area contributed by atoms with Crippen molar-refractivity contribution in [2.24, 2.45) is 5.92 Å². The average molecular weight is 418 g/mol. The van der Waals surface area contributed by atoms with Crippen LogP contribution in [0, 0.1) is 10.7 Å². The minimum atomic E-state index is -0.0931. The molecule has 8 heteroatoms. The van der Waals surface area contributed by atoms with Gasteiger partial charge in [0.25, 0.3) is 0 Å². The topological polar surface area (TPSA) is 62.7 Å². The largest absolute Gasteiger partial charge is 0.497 e. The maximum absolute atomic E-state index is 12.1. The predicted octanol–water partition coefficient (Wildman–Crippen LogP) is 2.09. The molecule has 7 nitrogen and oxygen atoms in total. The highest BCUT2D eigenvalue weighted by Gasteiger charge is 2.30. The highest BCUT2D eigenvalue weighted by atomic mass is 32.1. The number of likely N-dealkylation sites (tertiary alicyclic amines) is 1. The zero-order valence-corrected chi connectivity index (χ0v) is 17.9. The minimum absolute atomic E-state index is 0.0517. The molecule has 1 unspecified atom stereocenters. The van der Waals surface area contributed by atoms with Crippen molar-refractivity contribution < 1.29 is 19.2 Å². The molecule has 0 amide bonds. The van der Waals surface area contributed by atoms with Gasteiger partial charge in [0, 0.05) is 12.1 Å². The Morgan fingerprint density at radius 3 is 2.83 bits per heavy atom. The summed E-state index contributed by atoms with van der Waals surface area (Å²) in [7, 11) is 1.65. The second kappa shape index (κ2) is 9.84. The number of nitrogens with zero attached hydrogens (tertiary/aromatic N) is 3. The van der Waals surface area contributed by atoms with Crippen molar-refractivity contribution in [3.05, 3.63) is 41.7 Å². The molecule has 0 aliphatic carbocycles. The van der Waals surface area contributed by atoms with E-state index in [-0.39, 0.29) is 11.9 Å². The Kier molecular flexibility index (Phi) is 7.22. The molecule has 1 N–H and O–H groups in total. The number of quaternary nitrogens is 1. The van der Waals surface area contributed by atoms with Gasteiger partial charge in [-0.25, -0.2) is 0 Å². The first-order chi connectivity index (χ1) is 14.1. The van der Waals surface area contributed by atoms with Gasteiger partial charge in [0.1, 0.15) is 11.7 Å². The molecule has 29 heavy (non-hydrogen) atoms. The molecule has 1 aromatic heterocycles. The number of piperidine rings is 1. The summed E-state index contributed by atoms with van der Waals surface area (Å²) in [6.07, 6.45) is 3.69. The molecule has 1 aliphatic heterocycles. The molecular formula is C21H29N4O3S+. The highest BCUT2D eigenvalue weighted by Crippen LogP contribution is 2.21. The second-order valence-electron chi connectivity index (χ2n) is 7.19. The van der Waals surface area contributed by atoms with Crippen LogP contribution in [0.2, 0.25) is 0 Å². The molecule has 2 heterocycles. The number of allylic oxidation sites excluding steroid dienone is 1. The lowest BCUT2D eigenvalue weighted by Crippen LogP contribution is -3.13. The lowest BCUT2D eigenvalue weighted by molar-refractivity contribution is -0.930. The Hall–Kier alpha value is -2.45. The van der Waals surface area contributed by atoms with E-state index in [0.29, 0.717) is 24.6 Å². The minimum Gasteiger partial charge on any atom is -0.497 e. The van der Waals surface area contributed by atoms with Gasteiger partial charge in [-0.15, -0.1) is 11.7 Å². The standard InChI is InChI=1S/C21H28N4O3S/c1-4-12-24-19(16-8-10-18(27-3)11-9-16)22-25(21(24)29)15-23-13-6-7-17(14-23)20(26)28-5-2/h4,8-11,17H,1,5-7,12-15H2,2-3H3/p+1/t17-/m0/s1. The first kappa shape index (κ1) is 21.3. The summed E-state index contributed by atoms with van der Waals surface area (Å²) >= 11 is 5.70. The van der Waals surface area contributed by atoms with Crippen LogP contribution < -0.4 is 9.64 Å². The van der Waals surface area contributed by atoms with Gasteiger partial charge in [0.05, 0.1) is 26.8 Å². The van der Waals surface area contributed by atoms with Gasteiger partial charge < -0.3 is 14.4 Å². The van der Waals surface area contributed by atoms with E-state index in [2.05, 4.69) is 6.58 Å².